The fraction of sp³-hybridized carbons (Fsp3) is 0.103. The van der Waals surface area contributed by atoms with Crippen LogP contribution in [0.25, 0.3) is 11.8 Å². The molecule has 2 N–H and O–H groups in total. The third-order valence-electron chi connectivity index (χ3n) is 6.24. The quantitative estimate of drug-likeness (QED) is 0.161. The summed E-state index contributed by atoms with van der Waals surface area (Å²) in [7, 11) is 0. The van der Waals surface area contributed by atoms with Crippen LogP contribution in [-0.2, 0) is 16.0 Å². The van der Waals surface area contributed by atoms with Gasteiger partial charge in [0.1, 0.15) is 16.1 Å². The van der Waals surface area contributed by atoms with Crippen molar-refractivity contribution in [3.8, 4) is 23.1 Å². The van der Waals surface area contributed by atoms with Crippen LogP contribution in [0, 0.1) is 6.92 Å². The molecule has 1 fully saturated rings. The number of aryl methyl sites for hydroxylation is 1. The second-order valence-electron chi connectivity index (χ2n) is 8.98. The van der Waals surface area contributed by atoms with Crippen molar-refractivity contribution in [2.75, 3.05) is 0 Å². The van der Waals surface area contributed by atoms with Crippen LogP contribution in [-0.4, -0.2) is 47.1 Å². The lowest BCUT2D eigenvalue weighted by molar-refractivity contribution is -0.145. The molecule has 0 saturated carbocycles. The number of aromatic nitrogens is 2. The Morgan fingerprint density at radius 2 is 1.73 bits per heavy atom. The number of thioether (sulfide) groups is 1. The van der Waals surface area contributed by atoms with Gasteiger partial charge in [0, 0.05) is 6.42 Å². The van der Waals surface area contributed by atoms with Crippen molar-refractivity contribution in [2.24, 2.45) is 0 Å². The first-order valence-corrected chi connectivity index (χ1v) is 14.2. The second kappa shape index (κ2) is 12.0. The Hall–Kier alpha value is -3.83. The number of carboxylic acid groups (broad SMARTS) is 1. The summed E-state index contributed by atoms with van der Waals surface area (Å²) >= 11 is 19.3. The number of ether oxygens (including phenoxy) is 1. The molecule has 1 saturated heterocycles. The summed E-state index contributed by atoms with van der Waals surface area (Å²) in [6.07, 6.45) is 1.58. The average molecular weight is 627 g/mol. The number of nitrogens with zero attached hydrogens (tertiary/aromatic N) is 3. The Morgan fingerprint density at radius 3 is 2.37 bits per heavy atom. The van der Waals surface area contributed by atoms with Gasteiger partial charge in [0.05, 0.1) is 31.9 Å². The molecule has 1 amide bonds. The Labute approximate surface area is 254 Å². The van der Waals surface area contributed by atoms with Gasteiger partial charge in [-0.25, -0.2) is 4.79 Å². The van der Waals surface area contributed by atoms with Crippen molar-refractivity contribution < 1.29 is 24.5 Å². The van der Waals surface area contributed by atoms with Crippen LogP contribution in [0.2, 0.25) is 10.0 Å². The van der Waals surface area contributed by atoms with Gasteiger partial charge in [-0.3, -0.25) is 9.69 Å². The van der Waals surface area contributed by atoms with Crippen LogP contribution in [0.3, 0.4) is 0 Å². The number of para-hydroxylation sites is 2. The number of aliphatic carboxylic acids is 1. The highest BCUT2D eigenvalue weighted by Gasteiger charge is 2.41. The van der Waals surface area contributed by atoms with Gasteiger partial charge >= 0.3 is 5.97 Å². The first-order chi connectivity index (χ1) is 19.6. The number of thiocarbonyl (C=S) groups is 1. The minimum Gasteiger partial charge on any atom is -0.508 e. The SMILES string of the molecule is Cc1nn(-c2ccccc2)c(Oc2c(Cl)cccc2Cl)c1/C=C1\SC(=S)N([C@@H](Cc2ccc(O)cc2)C(=O)O)C1=O. The van der Waals surface area contributed by atoms with Gasteiger partial charge in [-0.1, -0.05) is 83.6 Å². The summed E-state index contributed by atoms with van der Waals surface area (Å²) in [6.45, 7) is 1.76. The maximum absolute atomic E-state index is 13.6. The predicted octanol–water partition coefficient (Wildman–Crippen LogP) is 6.88. The molecule has 4 aromatic rings. The molecule has 1 aliphatic heterocycles. The number of rotatable bonds is 8. The number of halogens is 2. The molecule has 1 atom stereocenters. The highest BCUT2D eigenvalue weighted by atomic mass is 35.5. The van der Waals surface area contributed by atoms with Crippen molar-refractivity contribution in [1.82, 2.24) is 14.7 Å². The number of phenolic OH excluding ortho intramolecular Hbond substituents is 1. The van der Waals surface area contributed by atoms with Crippen LogP contribution in [0.1, 0.15) is 16.8 Å². The third-order valence-corrected chi connectivity index (χ3v) is 8.17. The Balaban J connectivity index is 1.55. The standard InChI is InChI=1S/C29H21Cl2N3O5S2/c1-16-20(27(34(32-16)18-6-3-2-4-7-18)39-25-21(30)8-5-9-22(25)31)15-24-26(36)33(29(40)41-24)23(28(37)38)14-17-10-12-19(35)13-11-17/h2-13,15,23,35H,14H2,1H3,(H,37,38)/b24-15-/t23-/m0/s1. The zero-order valence-electron chi connectivity index (χ0n) is 21.3. The maximum Gasteiger partial charge on any atom is 0.327 e. The van der Waals surface area contributed by atoms with E-state index in [0.29, 0.717) is 22.5 Å². The van der Waals surface area contributed by atoms with Crippen molar-refractivity contribution in [3.63, 3.8) is 0 Å². The lowest BCUT2D eigenvalue weighted by Gasteiger charge is -2.23. The molecule has 208 valence electrons. The normalized spacial score (nSPS) is 15.0. The van der Waals surface area contributed by atoms with Crippen LogP contribution in [0.5, 0.6) is 17.4 Å². The topological polar surface area (TPSA) is 105 Å². The molecule has 0 bridgehead atoms. The van der Waals surface area contributed by atoms with Crippen LogP contribution < -0.4 is 4.74 Å². The van der Waals surface area contributed by atoms with Crippen LogP contribution >= 0.6 is 47.2 Å². The van der Waals surface area contributed by atoms with E-state index in [9.17, 15) is 19.8 Å². The predicted molar refractivity (Wildman–Crippen MR) is 163 cm³/mol. The van der Waals surface area contributed by atoms with E-state index in [4.69, 9.17) is 40.2 Å². The summed E-state index contributed by atoms with van der Waals surface area (Å²) in [6, 6.07) is 19.1. The van der Waals surface area contributed by atoms with E-state index in [1.54, 1.807) is 48.0 Å². The Bertz CT molecular complexity index is 1670. The third kappa shape index (κ3) is 5.96. The molecule has 12 heteroatoms. The molecular weight excluding hydrogens is 605 g/mol. The lowest BCUT2D eigenvalue weighted by Crippen LogP contribution is -2.45. The molecule has 8 nitrogen and oxygen atoms in total. The van der Waals surface area contributed by atoms with Crippen molar-refractivity contribution in [2.45, 2.75) is 19.4 Å². The maximum atomic E-state index is 13.6. The largest absolute Gasteiger partial charge is 0.508 e. The first kappa shape index (κ1) is 28.7. The molecule has 0 spiro atoms. The van der Waals surface area contributed by atoms with E-state index in [-0.39, 0.29) is 43.1 Å². The van der Waals surface area contributed by atoms with Crippen molar-refractivity contribution >= 4 is 69.5 Å². The van der Waals surface area contributed by atoms with E-state index >= 15 is 0 Å². The van der Waals surface area contributed by atoms with Gasteiger partial charge in [0.2, 0.25) is 5.88 Å². The summed E-state index contributed by atoms with van der Waals surface area (Å²) in [4.78, 5) is 27.2. The fourth-order valence-corrected chi connectivity index (χ4v) is 6.04. The monoisotopic (exact) mass is 625 g/mol. The number of carbonyl (C=O) groups is 2. The van der Waals surface area contributed by atoms with E-state index in [1.165, 1.54) is 12.1 Å². The van der Waals surface area contributed by atoms with Gasteiger partial charge in [-0.15, -0.1) is 0 Å². The molecule has 3 aromatic carbocycles. The summed E-state index contributed by atoms with van der Waals surface area (Å²) in [5, 5.41) is 24.8. The van der Waals surface area contributed by atoms with Crippen LogP contribution in [0.4, 0.5) is 0 Å². The molecule has 0 unspecified atom stereocenters. The van der Waals surface area contributed by atoms with Crippen molar-refractivity contribution in [1.29, 1.82) is 0 Å². The van der Waals surface area contributed by atoms with Gasteiger partial charge in [0.15, 0.2) is 5.75 Å². The number of hydrogen-bond acceptors (Lipinski definition) is 7. The number of carbonyl (C=O) groups excluding carboxylic acids is 1. The van der Waals surface area contributed by atoms with Gasteiger partial charge in [-0.2, -0.15) is 9.78 Å². The number of phenols is 1. The van der Waals surface area contributed by atoms with Crippen molar-refractivity contribution in [3.05, 3.63) is 105 Å². The van der Waals surface area contributed by atoms with Crippen LogP contribution in [0.15, 0.2) is 77.7 Å². The zero-order valence-corrected chi connectivity index (χ0v) is 24.5. The average Bonchev–Trinajstić information content (AvgIpc) is 3.40. The minimum atomic E-state index is -1.25. The summed E-state index contributed by atoms with van der Waals surface area (Å²) in [5.41, 5.74) is 2.33. The Morgan fingerprint density at radius 1 is 1.07 bits per heavy atom. The number of aromatic hydroxyl groups is 1. The molecule has 1 aromatic heterocycles. The highest BCUT2D eigenvalue weighted by molar-refractivity contribution is 8.26. The van der Waals surface area contributed by atoms with Gasteiger partial charge < -0.3 is 14.9 Å². The minimum absolute atomic E-state index is 0.000330. The molecule has 0 aliphatic carbocycles. The molecule has 5 rings (SSSR count). The highest BCUT2D eigenvalue weighted by Crippen LogP contribution is 2.41. The van der Waals surface area contributed by atoms with Gasteiger partial charge in [0.25, 0.3) is 5.91 Å². The number of amides is 1. The van der Waals surface area contributed by atoms with E-state index in [1.807, 2.05) is 30.3 Å². The van der Waals surface area contributed by atoms with E-state index < -0.39 is 17.9 Å². The molecule has 41 heavy (non-hydrogen) atoms. The number of benzene rings is 3. The van der Waals surface area contributed by atoms with E-state index in [2.05, 4.69) is 5.10 Å². The number of hydrogen-bond donors (Lipinski definition) is 2. The molecule has 1 aliphatic rings. The van der Waals surface area contributed by atoms with E-state index in [0.717, 1.165) is 16.7 Å². The number of carboxylic acids is 1. The molecule has 0 radical (unpaired) electrons. The summed E-state index contributed by atoms with van der Waals surface area (Å²) in [5.74, 6) is -1.24. The lowest BCUT2D eigenvalue weighted by atomic mass is 10.0. The summed E-state index contributed by atoms with van der Waals surface area (Å²) < 4.78 is 7.95. The molecular formula is C29H21Cl2N3O5S2. The smallest absolute Gasteiger partial charge is 0.327 e. The fourth-order valence-electron chi connectivity index (χ4n) is 4.23. The zero-order chi connectivity index (χ0) is 29.3. The Kier molecular flexibility index (Phi) is 8.37. The second-order valence-corrected chi connectivity index (χ2v) is 11.5. The molecule has 2 heterocycles. The first-order valence-electron chi connectivity index (χ1n) is 12.2. The van der Waals surface area contributed by atoms with Gasteiger partial charge in [-0.05, 0) is 55.0 Å².